The van der Waals surface area contributed by atoms with Gasteiger partial charge in [0.15, 0.2) is 0 Å². The molecule has 7 rings (SSSR count). The summed E-state index contributed by atoms with van der Waals surface area (Å²) >= 11 is 0. The number of fused-ring (bicyclic) bond motifs is 2. The molecule has 0 unspecified atom stereocenters. The van der Waals surface area contributed by atoms with Crippen molar-refractivity contribution < 1.29 is 48.9 Å². The van der Waals surface area contributed by atoms with Gasteiger partial charge in [0.1, 0.15) is 42.0 Å². The zero-order valence-electron chi connectivity index (χ0n) is 39.5. The number of phenolic OH excluding ortho intramolecular Hbond substituents is 1. The molecule has 2 aromatic heterocycles. The first-order valence-electron chi connectivity index (χ1n) is 23.9. The van der Waals surface area contributed by atoms with Crippen LogP contribution in [0.2, 0.25) is 0 Å². The van der Waals surface area contributed by atoms with E-state index >= 15 is 0 Å². The third kappa shape index (κ3) is 11.9. The number of aromatic nitrogens is 2. The fourth-order valence-electron chi connectivity index (χ4n) is 9.55. The van der Waals surface area contributed by atoms with E-state index in [2.05, 4.69) is 31.2 Å². The monoisotopic (exact) mass is 961 g/mol. The van der Waals surface area contributed by atoms with Gasteiger partial charge in [0.2, 0.25) is 35.4 Å². The van der Waals surface area contributed by atoms with Gasteiger partial charge in [-0.2, -0.15) is 0 Å². The molecule has 0 aliphatic carbocycles. The summed E-state index contributed by atoms with van der Waals surface area (Å²) in [7, 11) is 0. The van der Waals surface area contributed by atoms with Crippen molar-refractivity contribution in [2.24, 2.45) is 11.7 Å². The maximum Gasteiger partial charge on any atom is 0.326 e. The number of para-hydroxylation sites is 2. The van der Waals surface area contributed by atoms with Crippen molar-refractivity contribution in [1.82, 2.24) is 41.0 Å². The molecular weight excluding hydrogens is 899 g/mol. The summed E-state index contributed by atoms with van der Waals surface area (Å²) in [4.78, 5) is 106. The zero-order chi connectivity index (χ0) is 50.2. The van der Waals surface area contributed by atoms with E-state index in [1.165, 1.54) is 28.9 Å². The number of H-pyrrole nitrogens is 2. The molecule has 0 saturated carbocycles. The Bertz CT molecular complexity index is 2700. The number of amides is 6. The highest BCUT2D eigenvalue weighted by atomic mass is 16.4. The number of carboxylic acid groups (broad SMARTS) is 1. The number of aromatic hydroxyl groups is 1. The largest absolute Gasteiger partial charge is 0.508 e. The Hall–Kier alpha value is -7.25. The first kappa shape index (κ1) is 50.6. The van der Waals surface area contributed by atoms with Crippen molar-refractivity contribution in [1.29, 1.82) is 0 Å². The average Bonchev–Trinajstić information content (AvgIpc) is 4.17. The number of aliphatic hydroxyl groups is 1. The number of nitrogens with zero attached hydrogens (tertiary/aromatic N) is 2. The quantitative estimate of drug-likeness (QED) is 0.0539. The van der Waals surface area contributed by atoms with Crippen molar-refractivity contribution in [2.45, 2.75) is 121 Å². The highest BCUT2D eigenvalue weighted by molar-refractivity contribution is 5.98. The van der Waals surface area contributed by atoms with E-state index in [1.54, 1.807) is 24.5 Å². The molecule has 372 valence electrons. The third-order valence-corrected chi connectivity index (χ3v) is 13.2. The van der Waals surface area contributed by atoms with Gasteiger partial charge in [-0.25, -0.2) is 4.79 Å². The number of benzene rings is 3. The van der Waals surface area contributed by atoms with Crippen LogP contribution in [-0.4, -0.2) is 138 Å². The van der Waals surface area contributed by atoms with E-state index in [1.807, 2.05) is 62.4 Å². The third-order valence-electron chi connectivity index (χ3n) is 13.2. The Balaban J connectivity index is 1.13. The summed E-state index contributed by atoms with van der Waals surface area (Å²) in [5.41, 5.74) is 10.0. The van der Waals surface area contributed by atoms with Crippen LogP contribution in [-0.2, 0) is 52.8 Å². The number of likely N-dealkylation sites (tertiary alicyclic amines) is 2. The fourth-order valence-corrected chi connectivity index (χ4v) is 9.55. The molecule has 19 heteroatoms. The molecule has 6 amide bonds. The number of aromatic amines is 2. The van der Waals surface area contributed by atoms with Crippen LogP contribution in [0.3, 0.4) is 0 Å². The normalized spacial score (nSPS) is 18.5. The Kier molecular flexibility index (Phi) is 16.2. The molecule has 2 aliphatic rings. The van der Waals surface area contributed by atoms with Gasteiger partial charge in [0.05, 0.1) is 12.1 Å². The number of hydrogen-bond donors (Lipinski definition) is 10. The highest BCUT2D eigenvalue weighted by Crippen LogP contribution is 2.27. The number of nitrogens with two attached hydrogens (primary N) is 1. The Morgan fingerprint density at radius 1 is 0.657 bits per heavy atom. The van der Waals surface area contributed by atoms with E-state index < -0.39 is 89.8 Å². The van der Waals surface area contributed by atoms with E-state index in [4.69, 9.17) is 5.73 Å². The standard InChI is InChI=1S/C51H63N9O10/c1-28(2)22-39(48(66)58-44(29(3)61)50(68)59-20-8-14-42(59)49(67)60-21-9-15-43(60)51(69)70)56-47(65)41(25-32-27-54-38-13-7-5-11-35(32)38)57-46(64)40(24-31-26-53-37-12-6-4-10-34(31)37)55-45(63)36(52)23-30-16-18-33(62)19-17-30/h4-7,10-13,16-19,26-29,36,39-44,53-54,61-62H,8-9,14-15,20-25,52H2,1-3H3,(H,55,63)(H,56,65)(H,57,64)(H,58,66)(H,69,70)/t29-,36+,39+,40+,41+,42+,43+,44+/m1/s1. The first-order chi connectivity index (χ1) is 33.5. The number of aliphatic hydroxyl groups excluding tert-OH is 1. The number of phenols is 1. The van der Waals surface area contributed by atoms with Crippen molar-refractivity contribution in [3.8, 4) is 5.75 Å². The van der Waals surface area contributed by atoms with E-state index in [0.29, 0.717) is 36.0 Å². The van der Waals surface area contributed by atoms with Crippen LogP contribution in [0.4, 0.5) is 0 Å². The predicted molar refractivity (Wildman–Crippen MR) is 260 cm³/mol. The minimum absolute atomic E-state index is 0.00370. The summed E-state index contributed by atoms with van der Waals surface area (Å²) < 4.78 is 0. The molecule has 2 aliphatic heterocycles. The summed E-state index contributed by atoms with van der Waals surface area (Å²) in [5, 5.41) is 43.2. The van der Waals surface area contributed by atoms with Crippen molar-refractivity contribution in [2.75, 3.05) is 13.1 Å². The van der Waals surface area contributed by atoms with Gasteiger partial charge in [-0.3, -0.25) is 28.8 Å². The van der Waals surface area contributed by atoms with Gasteiger partial charge >= 0.3 is 5.97 Å². The topological polar surface area (TPSA) is 292 Å². The number of hydrogen-bond acceptors (Lipinski definition) is 10. The molecule has 2 saturated heterocycles. The molecule has 0 bridgehead atoms. The molecule has 19 nitrogen and oxygen atoms in total. The van der Waals surface area contributed by atoms with Gasteiger partial charge in [-0.1, -0.05) is 62.4 Å². The molecule has 0 spiro atoms. The van der Waals surface area contributed by atoms with Crippen LogP contribution in [0.1, 0.15) is 69.6 Å². The van der Waals surface area contributed by atoms with Gasteiger partial charge in [-0.05, 0) is 92.3 Å². The summed E-state index contributed by atoms with van der Waals surface area (Å²) in [5.74, 6) is -5.36. The summed E-state index contributed by atoms with van der Waals surface area (Å²) in [6.07, 6.45) is 3.70. The number of carbonyl (C=O) groups is 7. The second-order valence-electron chi connectivity index (χ2n) is 18.9. The molecule has 70 heavy (non-hydrogen) atoms. The predicted octanol–water partition coefficient (Wildman–Crippen LogP) is 2.14. The van der Waals surface area contributed by atoms with Crippen molar-refractivity contribution in [3.63, 3.8) is 0 Å². The van der Waals surface area contributed by atoms with Gasteiger partial charge in [0, 0.05) is 60.1 Å². The Morgan fingerprint density at radius 2 is 1.16 bits per heavy atom. The van der Waals surface area contributed by atoms with Crippen molar-refractivity contribution in [3.05, 3.63) is 102 Å². The lowest BCUT2D eigenvalue weighted by molar-refractivity contribution is -0.153. The molecule has 5 aromatic rings. The maximum atomic E-state index is 14.7. The lowest BCUT2D eigenvalue weighted by atomic mass is 9.99. The lowest BCUT2D eigenvalue weighted by Gasteiger charge is -2.33. The maximum absolute atomic E-state index is 14.7. The zero-order valence-corrected chi connectivity index (χ0v) is 39.5. The van der Waals surface area contributed by atoms with Crippen LogP contribution in [0, 0.1) is 5.92 Å². The molecule has 4 heterocycles. The van der Waals surface area contributed by atoms with Gasteiger partial charge in [-0.15, -0.1) is 0 Å². The highest BCUT2D eigenvalue weighted by Gasteiger charge is 2.45. The number of nitrogens with one attached hydrogen (secondary N) is 6. The molecule has 8 atom stereocenters. The van der Waals surface area contributed by atoms with Crippen LogP contribution in [0.5, 0.6) is 5.75 Å². The lowest BCUT2D eigenvalue weighted by Crippen LogP contribution is -2.62. The second-order valence-corrected chi connectivity index (χ2v) is 18.9. The minimum atomic E-state index is -1.53. The SMILES string of the molecule is CC(C)C[C@H](NC(=O)[C@H](Cc1c[nH]c2ccccc12)NC(=O)[C@H](Cc1c[nH]c2ccccc12)NC(=O)[C@@H](N)Cc1ccc(O)cc1)C(=O)N[C@H](C(=O)N1CCC[C@H]1C(=O)N1CCC[C@H]1C(=O)O)[C@@H](C)O. The number of rotatable bonds is 20. The Morgan fingerprint density at radius 3 is 1.70 bits per heavy atom. The number of aliphatic carboxylic acids is 1. The van der Waals surface area contributed by atoms with E-state index in [0.717, 1.165) is 21.8 Å². The second kappa shape index (κ2) is 22.5. The van der Waals surface area contributed by atoms with E-state index in [9.17, 15) is 48.9 Å². The minimum Gasteiger partial charge on any atom is -0.508 e. The fraction of sp³-hybridized carbons (Fsp3) is 0.431. The first-order valence-corrected chi connectivity index (χ1v) is 23.9. The van der Waals surface area contributed by atoms with Crippen LogP contribution in [0.25, 0.3) is 21.8 Å². The van der Waals surface area contributed by atoms with Crippen LogP contribution in [0.15, 0.2) is 85.2 Å². The Labute approximate surface area is 404 Å². The van der Waals surface area contributed by atoms with Crippen LogP contribution < -0.4 is 27.0 Å². The summed E-state index contributed by atoms with van der Waals surface area (Å²) in [6.45, 7) is 5.38. The summed E-state index contributed by atoms with van der Waals surface area (Å²) in [6, 6.07) is 12.7. The molecular formula is C51H63N9O10. The molecule has 11 N–H and O–H groups in total. The number of carbonyl (C=O) groups excluding carboxylic acids is 6. The van der Waals surface area contributed by atoms with Gasteiger partial charge in [0.25, 0.3) is 0 Å². The smallest absolute Gasteiger partial charge is 0.326 e. The molecule has 0 radical (unpaired) electrons. The van der Waals surface area contributed by atoms with Crippen LogP contribution >= 0.6 is 0 Å². The van der Waals surface area contributed by atoms with Crippen molar-refractivity contribution >= 4 is 63.2 Å². The van der Waals surface area contributed by atoms with Gasteiger partial charge < -0.3 is 62.1 Å². The van der Waals surface area contributed by atoms with E-state index in [-0.39, 0.29) is 56.9 Å². The molecule has 2 fully saturated rings. The average molecular weight is 962 g/mol. The number of carboxylic acids is 1. The molecule has 3 aromatic carbocycles.